The molecule has 2 atom stereocenters. The van der Waals surface area contributed by atoms with Crippen molar-refractivity contribution in [3.63, 3.8) is 0 Å². The van der Waals surface area contributed by atoms with Crippen molar-refractivity contribution in [3.05, 3.63) is 0 Å². The second-order valence-corrected chi connectivity index (χ2v) is 6.13. The maximum Gasteiger partial charge on any atom is 0.309 e. The number of ether oxygens (including phenoxy) is 2. The molecule has 0 radical (unpaired) electrons. The van der Waals surface area contributed by atoms with Crippen molar-refractivity contribution in [1.82, 2.24) is 0 Å². The minimum atomic E-state index is -0.176. The van der Waals surface area contributed by atoms with Crippen molar-refractivity contribution in [2.45, 2.75) is 13.8 Å². The Morgan fingerprint density at radius 1 is 0.941 bits per heavy atom. The topological polar surface area (TPSA) is 52.6 Å². The van der Waals surface area contributed by atoms with Crippen LogP contribution in [0.1, 0.15) is 13.8 Å². The zero-order valence-electron chi connectivity index (χ0n) is 10.7. The van der Waals surface area contributed by atoms with Crippen LogP contribution < -0.4 is 0 Å². The molecule has 4 nitrogen and oxygen atoms in total. The summed E-state index contributed by atoms with van der Waals surface area (Å²) >= 11 is 3.35. The lowest BCUT2D eigenvalue weighted by Gasteiger charge is -2.10. The fourth-order valence-corrected chi connectivity index (χ4v) is 3.27. The largest absolute Gasteiger partial charge is 0.469 e. The highest BCUT2D eigenvalue weighted by Gasteiger charge is 2.14. The Bertz CT molecular complexity index is 222. The molecule has 0 aromatic carbocycles. The van der Waals surface area contributed by atoms with Gasteiger partial charge in [0.2, 0.25) is 0 Å². The van der Waals surface area contributed by atoms with Gasteiger partial charge in [0.1, 0.15) is 0 Å². The molecule has 6 heteroatoms. The number of rotatable bonds is 8. The van der Waals surface area contributed by atoms with Crippen LogP contribution in [-0.4, -0.2) is 42.7 Å². The van der Waals surface area contributed by atoms with Crippen LogP contribution >= 0.6 is 23.5 Å². The molecular formula is C11H20O4S2. The summed E-state index contributed by atoms with van der Waals surface area (Å²) in [5, 5.41) is 0.864. The van der Waals surface area contributed by atoms with Gasteiger partial charge in [-0.25, -0.2) is 0 Å². The quantitative estimate of drug-likeness (QED) is 0.385. The summed E-state index contributed by atoms with van der Waals surface area (Å²) in [6, 6.07) is 0. The van der Waals surface area contributed by atoms with Crippen LogP contribution in [0, 0.1) is 11.8 Å². The lowest BCUT2D eigenvalue weighted by atomic mass is 10.2. The third-order valence-corrected chi connectivity index (χ3v) is 4.91. The van der Waals surface area contributed by atoms with Crippen molar-refractivity contribution >= 4 is 35.5 Å². The molecule has 0 aromatic rings. The third kappa shape index (κ3) is 7.54. The van der Waals surface area contributed by atoms with Gasteiger partial charge in [0.25, 0.3) is 0 Å². The maximum absolute atomic E-state index is 11.1. The second kappa shape index (κ2) is 9.65. The Morgan fingerprint density at radius 3 is 1.59 bits per heavy atom. The van der Waals surface area contributed by atoms with E-state index in [0.717, 1.165) is 16.6 Å². The molecule has 0 bridgehead atoms. The predicted octanol–water partition coefficient (Wildman–Crippen LogP) is 2.03. The van der Waals surface area contributed by atoms with E-state index in [0.29, 0.717) is 0 Å². The maximum atomic E-state index is 11.1. The van der Waals surface area contributed by atoms with E-state index >= 15 is 0 Å². The molecule has 0 unspecified atom stereocenters. The molecule has 100 valence electrons. The van der Waals surface area contributed by atoms with Crippen LogP contribution in [0.3, 0.4) is 0 Å². The average Bonchev–Trinajstić information content (AvgIpc) is 2.35. The van der Waals surface area contributed by atoms with E-state index in [2.05, 4.69) is 9.47 Å². The van der Waals surface area contributed by atoms with E-state index in [1.54, 1.807) is 23.5 Å². The standard InChI is InChI=1S/C11H20O4S2/c1-8(10(12)14-3)5-16-7-17-6-9(2)11(13)15-4/h8-9H,5-7H2,1-4H3/t8-,9-/m0/s1. The van der Waals surface area contributed by atoms with Crippen LogP contribution in [0.2, 0.25) is 0 Å². The Morgan fingerprint density at radius 2 is 1.29 bits per heavy atom. The summed E-state index contributed by atoms with van der Waals surface area (Å²) in [6.07, 6.45) is 0. The SMILES string of the molecule is COC(=O)[C@@H](C)CSCSC[C@H](C)C(=O)OC. The Labute approximate surface area is 111 Å². The minimum Gasteiger partial charge on any atom is -0.469 e. The molecule has 0 aliphatic carbocycles. The molecule has 0 spiro atoms. The monoisotopic (exact) mass is 280 g/mol. The van der Waals surface area contributed by atoms with Crippen LogP contribution in [0.4, 0.5) is 0 Å². The van der Waals surface area contributed by atoms with Crippen LogP contribution in [-0.2, 0) is 19.1 Å². The van der Waals surface area contributed by atoms with Gasteiger partial charge >= 0.3 is 11.9 Å². The van der Waals surface area contributed by atoms with E-state index in [1.165, 1.54) is 14.2 Å². The van der Waals surface area contributed by atoms with Crippen molar-refractivity contribution in [2.75, 3.05) is 30.8 Å². The Balaban J connectivity index is 3.53. The number of carbonyl (C=O) groups excluding carboxylic acids is 2. The molecule has 0 amide bonds. The van der Waals surface area contributed by atoms with E-state index < -0.39 is 0 Å². The van der Waals surface area contributed by atoms with E-state index in [-0.39, 0.29) is 23.8 Å². The first-order valence-electron chi connectivity index (χ1n) is 5.34. The smallest absolute Gasteiger partial charge is 0.309 e. The van der Waals surface area contributed by atoms with E-state index in [9.17, 15) is 9.59 Å². The Hall–Kier alpha value is -0.360. The third-order valence-electron chi connectivity index (χ3n) is 2.11. The van der Waals surface area contributed by atoms with Gasteiger partial charge in [-0.15, -0.1) is 0 Å². The average molecular weight is 280 g/mol. The Kier molecular flexibility index (Phi) is 9.44. The zero-order chi connectivity index (χ0) is 13.3. The molecular weight excluding hydrogens is 260 g/mol. The molecule has 0 aliphatic heterocycles. The molecule has 17 heavy (non-hydrogen) atoms. The molecule has 0 aromatic heterocycles. The number of hydrogen-bond acceptors (Lipinski definition) is 6. The second-order valence-electron chi connectivity index (χ2n) is 3.71. The highest BCUT2D eigenvalue weighted by Crippen LogP contribution is 2.18. The predicted molar refractivity (Wildman–Crippen MR) is 72.1 cm³/mol. The first kappa shape index (κ1) is 16.6. The summed E-state index contributed by atoms with van der Waals surface area (Å²) in [4.78, 5) is 22.2. The molecule has 0 heterocycles. The lowest BCUT2D eigenvalue weighted by Crippen LogP contribution is -2.16. The van der Waals surface area contributed by atoms with Gasteiger partial charge in [-0.05, 0) is 0 Å². The fraction of sp³-hybridized carbons (Fsp3) is 0.818. The number of thioether (sulfide) groups is 2. The van der Waals surface area contributed by atoms with Gasteiger partial charge in [-0.2, -0.15) is 23.5 Å². The number of methoxy groups -OCH3 is 2. The normalized spacial score (nSPS) is 13.9. The first-order chi connectivity index (χ1) is 8.02. The minimum absolute atomic E-state index is 0.0800. The van der Waals surface area contributed by atoms with Gasteiger partial charge in [0, 0.05) is 16.6 Å². The fourth-order valence-electron chi connectivity index (χ4n) is 1.05. The van der Waals surface area contributed by atoms with Gasteiger partial charge in [0.05, 0.1) is 26.1 Å². The summed E-state index contributed by atoms with van der Waals surface area (Å²) in [6.45, 7) is 3.70. The van der Waals surface area contributed by atoms with Gasteiger partial charge in [0.15, 0.2) is 0 Å². The van der Waals surface area contributed by atoms with Crippen molar-refractivity contribution in [1.29, 1.82) is 0 Å². The van der Waals surface area contributed by atoms with Gasteiger partial charge in [-0.1, -0.05) is 13.8 Å². The summed E-state index contributed by atoms with van der Waals surface area (Å²) in [5.41, 5.74) is 0. The van der Waals surface area contributed by atoms with E-state index in [1.807, 2.05) is 13.8 Å². The molecule has 0 saturated heterocycles. The number of carbonyl (C=O) groups is 2. The van der Waals surface area contributed by atoms with E-state index in [4.69, 9.17) is 0 Å². The van der Waals surface area contributed by atoms with Crippen LogP contribution in [0.15, 0.2) is 0 Å². The van der Waals surface area contributed by atoms with Gasteiger partial charge in [-0.3, -0.25) is 9.59 Å². The lowest BCUT2D eigenvalue weighted by molar-refractivity contribution is -0.144. The molecule has 0 aliphatic rings. The summed E-state index contributed by atoms with van der Waals surface area (Å²) in [5.74, 6) is 0.974. The van der Waals surface area contributed by atoms with Crippen LogP contribution in [0.25, 0.3) is 0 Å². The van der Waals surface area contributed by atoms with Crippen molar-refractivity contribution in [2.24, 2.45) is 11.8 Å². The molecule has 0 N–H and O–H groups in total. The van der Waals surface area contributed by atoms with Crippen LogP contribution in [0.5, 0.6) is 0 Å². The molecule has 0 saturated carbocycles. The molecule has 0 fully saturated rings. The summed E-state index contributed by atoms with van der Waals surface area (Å²) in [7, 11) is 2.80. The zero-order valence-corrected chi connectivity index (χ0v) is 12.4. The van der Waals surface area contributed by atoms with Gasteiger partial charge < -0.3 is 9.47 Å². The number of esters is 2. The highest BCUT2D eigenvalue weighted by atomic mass is 32.2. The summed E-state index contributed by atoms with van der Waals surface area (Å²) < 4.78 is 9.27. The first-order valence-corrected chi connectivity index (χ1v) is 7.65. The molecule has 0 rings (SSSR count). The van der Waals surface area contributed by atoms with Crippen molar-refractivity contribution < 1.29 is 19.1 Å². The number of hydrogen-bond donors (Lipinski definition) is 0. The highest BCUT2D eigenvalue weighted by molar-refractivity contribution is 8.16. The van der Waals surface area contributed by atoms with Crippen molar-refractivity contribution in [3.8, 4) is 0 Å².